The first kappa shape index (κ1) is 11.8. The number of halogens is 2. The SMILES string of the molecule is NCC1(NCC(F)F)CCCOCC1. The van der Waals surface area contributed by atoms with Crippen LogP contribution in [-0.2, 0) is 4.74 Å². The molecule has 1 aliphatic rings. The van der Waals surface area contributed by atoms with Crippen molar-refractivity contribution in [3.8, 4) is 0 Å². The van der Waals surface area contributed by atoms with E-state index in [2.05, 4.69) is 5.32 Å². The summed E-state index contributed by atoms with van der Waals surface area (Å²) in [5.41, 5.74) is 5.29. The first-order valence-electron chi connectivity index (χ1n) is 4.99. The highest BCUT2D eigenvalue weighted by Gasteiger charge is 2.29. The van der Waals surface area contributed by atoms with Gasteiger partial charge in [0.2, 0.25) is 0 Å². The molecule has 0 saturated carbocycles. The third kappa shape index (κ3) is 3.48. The number of hydrogen-bond donors (Lipinski definition) is 2. The summed E-state index contributed by atoms with van der Waals surface area (Å²) in [6, 6.07) is 0. The zero-order valence-electron chi connectivity index (χ0n) is 8.27. The number of rotatable bonds is 4. The maximum absolute atomic E-state index is 12.1. The van der Waals surface area contributed by atoms with Crippen molar-refractivity contribution in [3.63, 3.8) is 0 Å². The molecule has 84 valence electrons. The topological polar surface area (TPSA) is 47.3 Å². The molecule has 3 nitrogen and oxygen atoms in total. The van der Waals surface area contributed by atoms with E-state index in [-0.39, 0.29) is 12.1 Å². The number of hydrogen-bond acceptors (Lipinski definition) is 3. The maximum atomic E-state index is 12.1. The molecule has 0 aromatic heterocycles. The van der Waals surface area contributed by atoms with Gasteiger partial charge in [0.1, 0.15) is 0 Å². The Balaban J connectivity index is 2.45. The Morgan fingerprint density at radius 2 is 2.14 bits per heavy atom. The number of alkyl halides is 2. The van der Waals surface area contributed by atoms with Gasteiger partial charge in [-0.1, -0.05) is 0 Å². The lowest BCUT2D eigenvalue weighted by molar-refractivity contribution is 0.116. The normalized spacial score (nSPS) is 29.1. The van der Waals surface area contributed by atoms with E-state index < -0.39 is 6.43 Å². The molecule has 3 N–H and O–H groups in total. The molecule has 0 aliphatic carbocycles. The third-order valence-corrected chi connectivity index (χ3v) is 2.69. The minimum atomic E-state index is -2.32. The van der Waals surface area contributed by atoms with Gasteiger partial charge in [-0.15, -0.1) is 0 Å². The smallest absolute Gasteiger partial charge is 0.250 e. The van der Waals surface area contributed by atoms with E-state index in [1.807, 2.05) is 0 Å². The summed E-state index contributed by atoms with van der Waals surface area (Å²) >= 11 is 0. The van der Waals surface area contributed by atoms with E-state index in [0.717, 1.165) is 19.3 Å². The summed E-state index contributed by atoms with van der Waals surface area (Å²) in [5, 5.41) is 2.87. The predicted octanol–water partition coefficient (Wildman–Crippen LogP) is 0.739. The van der Waals surface area contributed by atoms with E-state index in [9.17, 15) is 8.78 Å². The Bertz CT molecular complexity index is 159. The van der Waals surface area contributed by atoms with Gasteiger partial charge in [-0.25, -0.2) is 8.78 Å². The van der Waals surface area contributed by atoms with Gasteiger partial charge < -0.3 is 15.8 Å². The van der Waals surface area contributed by atoms with Crippen molar-refractivity contribution in [2.45, 2.75) is 31.2 Å². The van der Waals surface area contributed by atoms with Crippen molar-refractivity contribution >= 4 is 0 Å². The van der Waals surface area contributed by atoms with Gasteiger partial charge >= 0.3 is 0 Å². The van der Waals surface area contributed by atoms with E-state index in [1.54, 1.807) is 0 Å². The Kier molecular flexibility index (Phi) is 4.71. The number of nitrogens with two attached hydrogens (primary N) is 1. The van der Waals surface area contributed by atoms with Crippen LogP contribution in [0.4, 0.5) is 8.78 Å². The van der Waals surface area contributed by atoms with Gasteiger partial charge in [0.05, 0.1) is 6.54 Å². The van der Waals surface area contributed by atoms with E-state index >= 15 is 0 Å². The monoisotopic (exact) mass is 208 g/mol. The van der Waals surface area contributed by atoms with Crippen LogP contribution in [-0.4, -0.2) is 38.3 Å². The molecule has 1 unspecified atom stereocenters. The second kappa shape index (κ2) is 5.58. The Morgan fingerprint density at radius 3 is 2.79 bits per heavy atom. The van der Waals surface area contributed by atoms with Crippen LogP contribution in [0, 0.1) is 0 Å². The molecule has 14 heavy (non-hydrogen) atoms. The van der Waals surface area contributed by atoms with Crippen molar-refractivity contribution in [1.29, 1.82) is 0 Å². The van der Waals surface area contributed by atoms with Crippen LogP contribution in [0.1, 0.15) is 19.3 Å². The summed E-state index contributed by atoms with van der Waals surface area (Å²) in [7, 11) is 0. The van der Waals surface area contributed by atoms with Crippen molar-refractivity contribution in [2.75, 3.05) is 26.3 Å². The molecule has 0 aromatic rings. The van der Waals surface area contributed by atoms with Crippen LogP contribution in [0.25, 0.3) is 0 Å². The lowest BCUT2D eigenvalue weighted by Crippen LogP contribution is -2.52. The second-order valence-corrected chi connectivity index (χ2v) is 3.72. The zero-order valence-corrected chi connectivity index (χ0v) is 8.27. The predicted molar refractivity (Wildman–Crippen MR) is 50.5 cm³/mol. The first-order valence-corrected chi connectivity index (χ1v) is 4.99. The molecule has 0 amide bonds. The van der Waals surface area contributed by atoms with E-state index in [1.165, 1.54) is 0 Å². The molecule has 0 spiro atoms. The minimum absolute atomic E-state index is 0.281. The lowest BCUT2D eigenvalue weighted by atomic mass is 9.90. The second-order valence-electron chi connectivity index (χ2n) is 3.72. The summed E-state index contributed by atoms with van der Waals surface area (Å²) in [6.45, 7) is 1.42. The minimum Gasteiger partial charge on any atom is -0.381 e. The van der Waals surface area contributed by atoms with Crippen LogP contribution in [0.2, 0.25) is 0 Å². The van der Waals surface area contributed by atoms with Gasteiger partial charge in [-0.05, 0) is 19.3 Å². The highest BCUT2D eigenvalue weighted by atomic mass is 19.3. The Morgan fingerprint density at radius 1 is 1.36 bits per heavy atom. The molecular formula is C9H18F2N2O. The van der Waals surface area contributed by atoms with Gasteiger partial charge in [0.15, 0.2) is 0 Å². The van der Waals surface area contributed by atoms with Crippen molar-refractivity contribution in [2.24, 2.45) is 5.73 Å². The Labute approximate surface area is 83.0 Å². The number of nitrogens with one attached hydrogen (secondary N) is 1. The van der Waals surface area contributed by atoms with Crippen LogP contribution < -0.4 is 11.1 Å². The van der Waals surface area contributed by atoms with Crippen LogP contribution in [0.15, 0.2) is 0 Å². The van der Waals surface area contributed by atoms with Crippen LogP contribution >= 0.6 is 0 Å². The molecule has 1 atom stereocenters. The van der Waals surface area contributed by atoms with Gasteiger partial charge in [-0.3, -0.25) is 0 Å². The fraction of sp³-hybridized carbons (Fsp3) is 1.00. The average molecular weight is 208 g/mol. The first-order chi connectivity index (χ1) is 6.68. The molecule has 1 saturated heterocycles. The standard InChI is InChI=1S/C9H18F2N2O/c10-8(11)6-13-9(7-12)2-1-4-14-5-3-9/h8,13H,1-7,12H2. The molecule has 1 fully saturated rings. The van der Waals surface area contributed by atoms with Crippen molar-refractivity contribution in [3.05, 3.63) is 0 Å². The van der Waals surface area contributed by atoms with Crippen LogP contribution in [0.5, 0.6) is 0 Å². The molecule has 1 rings (SSSR count). The molecule has 1 heterocycles. The third-order valence-electron chi connectivity index (χ3n) is 2.69. The molecule has 0 aromatic carbocycles. The zero-order chi connectivity index (χ0) is 10.4. The molecule has 5 heteroatoms. The van der Waals surface area contributed by atoms with Crippen LogP contribution in [0.3, 0.4) is 0 Å². The average Bonchev–Trinajstić information content (AvgIpc) is 2.41. The van der Waals surface area contributed by atoms with E-state index in [4.69, 9.17) is 10.5 Å². The molecule has 1 aliphatic heterocycles. The summed E-state index contributed by atoms with van der Waals surface area (Å²) in [4.78, 5) is 0. The number of ether oxygens (including phenoxy) is 1. The maximum Gasteiger partial charge on any atom is 0.250 e. The highest BCUT2D eigenvalue weighted by Crippen LogP contribution is 2.20. The highest BCUT2D eigenvalue weighted by molar-refractivity contribution is 4.90. The summed E-state index contributed by atoms with van der Waals surface area (Å²) < 4.78 is 29.4. The summed E-state index contributed by atoms with van der Waals surface area (Å²) in [6.07, 6.45) is 0.0995. The summed E-state index contributed by atoms with van der Waals surface area (Å²) in [5.74, 6) is 0. The molecule has 0 radical (unpaired) electrons. The van der Waals surface area contributed by atoms with Gasteiger partial charge in [0.25, 0.3) is 6.43 Å². The molecule has 0 bridgehead atoms. The largest absolute Gasteiger partial charge is 0.381 e. The molecular weight excluding hydrogens is 190 g/mol. The lowest BCUT2D eigenvalue weighted by Gasteiger charge is -2.32. The van der Waals surface area contributed by atoms with Gasteiger partial charge in [0, 0.05) is 25.3 Å². The van der Waals surface area contributed by atoms with Crippen molar-refractivity contribution < 1.29 is 13.5 Å². The fourth-order valence-electron chi connectivity index (χ4n) is 1.75. The van der Waals surface area contributed by atoms with Gasteiger partial charge in [-0.2, -0.15) is 0 Å². The van der Waals surface area contributed by atoms with Crippen molar-refractivity contribution in [1.82, 2.24) is 5.32 Å². The Hall–Kier alpha value is -0.260. The van der Waals surface area contributed by atoms with E-state index in [0.29, 0.717) is 19.8 Å². The quantitative estimate of drug-likeness (QED) is 0.716. The fourth-order valence-corrected chi connectivity index (χ4v) is 1.75.